The number of carbonyl (C=O) groups is 1. The summed E-state index contributed by atoms with van der Waals surface area (Å²) in [6.45, 7) is 1.95. The summed E-state index contributed by atoms with van der Waals surface area (Å²) in [5.74, 6) is 0.843. The standard InChI is InChI=1S/C17H17ClN4O2/c1-12-20-17(24-21-12)11-19-16(23)10-15(22-8-2-3-9-22)13-4-6-14(18)7-5-13/h2-9,15H,10-11H2,1H3,(H,19,23). The maximum absolute atomic E-state index is 12.3. The van der Waals surface area contributed by atoms with Crippen LogP contribution in [0.25, 0.3) is 0 Å². The maximum Gasteiger partial charge on any atom is 0.246 e. The number of benzene rings is 1. The van der Waals surface area contributed by atoms with E-state index in [1.807, 2.05) is 53.4 Å². The van der Waals surface area contributed by atoms with Crippen molar-refractivity contribution in [1.82, 2.24) is 20.0 Å². The Hall–Kier alpha value is -2.60. The molecule has 0 aliphatic rings. The van der Waals surface area contributed by atoms with Crippen molar-refractivity contribution in [2.24, 2.45) is 0 Å². The summed E-state index contributed by atoms with van der Waals surface area (Å²) in [5.41, 5.74) is 1.01. The molecule has 1 amide bonds. The van der Waals surface area contributed by atoms with Crippen molar-refractivity contribution in [2.45, 2.75) is 25.9 Å². The number of rotatable bonds is 6. The highest BCUT2D eigenvalue weighted by molar-refractivity contribution is 6.30. The fourth-order valence-corrected chi connectivity index (χ4v) is 2.60. The molecule has 124 valence electrons. The Morgan fingerprint density at radius 3 is 2.62 bits per heavy atom. The number of aromatic nitrogens is 3. The molecule has 0 bridgehead atoms. The topological polar surface area (TPSA) is 73.0 Å². The van der Waals surface area contributed by atoms with Crippen LogP contribution in [0.3, 0.4) is 0 Å². The highest BCUT2D eigenvalue weighted by atomic mass is 35.5. The van der Waals surface area contributed by atoms with E-state index in [9.17, 15) is 4.79 Å². The van der Waals surface area contributed by atoms with Crippen LogP contribution in [0.4, 0.5) is 0 Å². The van der Waals surface area contributed by atoms with Crippen molar-refractivity contribution < 1.29 is 9.32 Å². The number of carbonyl (C=O) groups excluding carboxylic acids is 1. The molecule has 0 spiro atoms. The Morgan fingerprint density at radius 2 is 2.00 bits per heavy atom. The van der Waals surface area contributed by atoms with Crippen molar-refractivity contribution in [3.8, 4) is 0 Å². The van der Waals surface area contributed by atoms with Crippen molar-refractivity contribution in [1.29, 1.82) is 0 Å². The number of halogens is 1. The second-order valence-electron chi connectivity index (χ2n) is 5.41. The number of nitrogens with one attached hydrogen (secondary N) is 1. The monoisotopic (exact) mass is 344 g/mol. The van der Waals surface area contributed by atoms with E-state index in [-0.39, 0.29) is 18.5 Å². The molecule has 0 aliphatic heterocycles. The van der Waals surface area contributed by atoms with Crippen LogP contribution in [0.15, 0.2) is 53.3 Å². The molecule has 6 nitrogen and oxygen atoms in total. The molecule has 3 aromatic rings. The van der Waals surface area contributed by atoms with Gasteiger partial charge in [-0.15, -0.1) is 0 Å². The third-order valence-electron chi connectivity index (χ3n) is 3.63. The molecule has 24 heavy (non-hydrogen) atoms. The van der Waals surface area contributed by atoms with Crippen LogP contribution >= 0.6 is 11.6 Å². The smallest absolute Gasteiger partial charge is 0.246 e. The van der Waals surface area contributed by atoms with Crippen LogP contribution in [-0.4, -0.2) is 20.6 Å². The van der Waals surface area contributed by atoms with E-state index in [0.29, 0.717) is 23.2 Å². The van der Waals surface area contributed by atoms with Crippen LogP contribution in [-0.2, 0) is 11.3 Å². The second kappa shape index (κ2) is 7.31. The molecule has 1 N–H and O–H groups in total. The van der Waals surface area contributed by atoms with Gasteiger partial charge in [0.25, 0.3) is 0 Å². The van der Waals surface area contributed by atoms with E-state index in [2.05, 4.69) is 15.5 Å². The van der Waals surface area contributed by atoms with Gasteiger partial charge in [-0.05, 0) is 36.8 Å². The van der Waals surface area contributed by atoms with Crippen LogP contribution in [0.5, 0.6) is 0 Å². The van der Waals surface area contributed by atoms with Crippen LogP contribution in [0.1, 0.15) is 29.7 Å². The van der Waals surface area contributed by atoms with Gasteiger partial charge in [0, 0.05) is 17.4 Å². The van der Waals surface area contributed by atoms with Crippen molar-refractivity contribution in [3.63, 3.8) is 0 Å². The third kappa shape index (κ3) is 4.02. The predicted molar refractivity (Wildman–Crippen MR) is 89.5 cm³/mol. The first-order valence-corrected chi connectivity index (χ1v) is 7.93. The summed E-state index contributed by atoms with van der Waals surface area (Å²) in [7, 11) is 0. The zero-order chi connectivity index (χ0) is 16.9. The maximum atomic E-state index is 12.3. The van der Waals surface area contributed by atoms with Gasteiger partial charge in [0.05, 0.1) is 19.0 Å². The van der Waals surface area contributed by atoms with Gasteiger partial charge in [-0.3, -0.25) is 4.79 Å². The summed E-state index contributed by atoms with van der Waals surface area (Å²) in [6.07, 6.45) is 4.17. The van der Waals surface area contributed by atoms with Crippen LogP contribution in [0, 0.1) is 6.92 Å². The highest BCUT2D eigenvalue weighted by Gasteiger charge is 2.18. The molecule has 0 fully saturated rings. The largest absolute Gasteiger partial charge is 0.347 e. The lowest BCUT2D eigenvalue weighted by atomic mass is 10.0. The molecule has 0 saturated heterocycles. The fourth-order valence-electron chi connectivity index (χ4n) is 2.47. The normalized spacial score (nSPS) is 12.1. The molecule has 2 aromatic heterocycles. The Labute approximate surface area is 144 Å². The molecular formula is C17H17ClN4O2. The SMILES string of the molecule is Cc1noc(CNC(=O)CC(c2ccc(Cl)cc2)n2cccc2)n1. The van der Waals surface area contributed by atoms with Gasteiger partial charge in [-0.25, -0.2) is 0 Å². The summed E-state index contributed by atoms with van der Waals surface area (Å²) < 4.78 is 6.99. The molecule has 1 aromatic carbocycles. The van der Waals surface area contributed by atoms with E-state index in [4.69, 9.17) is 16.1 Å². The minimum Gasteiger partial charge on any atom is -0.347 e. The zero-order valence-electron chi connectivity index (χ0n) is 13.1. The van der Waals surface area contributed by atoms with Crippen molar-refractivity contribution in [2.75, 3.05) is 0 Å². The third-order valence-corrected chi connectivity index (χ3v) is 3.88. The van der Waals surface area contributed by atoms with E-state index in [1.165, 1.54) is 0 Å². The lowest BCUT2D eigenvalue weighted by Crippen LogP contribution is -2.26. The van der Waals surface area contributed by atoms with Gasteiger partial charge in [0.2, 0.25) is 11.8 Å². The zero-order valence-corrected chi connectivity index (χ0v) is 13.9. The minimum atomic E-state index is -0.110. The summed E-state index contributed by atoms with van der Waals surface area (Å²) in [5, 5.41) is 7.18. The first-order chi connectivity index (χ1) is 11.6. The Balaban J connectivity index is 1.69. The molecular weight excluding hydrogens is 328 g/mol. The molecule has 0 saturated carbocycles. The van der Waals surface area contributed by atoms with Crippen LogP contribution < -0.4 is 5.32 Å². The molecule has 0 aliphatic carbocycles. The Morgan fingerprint density at radius 1 is 1.29 bits per heavy atom. The first kappa shape index (κ1) is 16.3. The highest BCUT2D eigenvalue weighted by Crippen LogP contribution is 2.24. The van der Waals surface area contributed by atoms with Gasteiger partial charge in [0.1, 0.15) is 0 Å². The van der Waals surface area contributed by atoms with Gasteiger partial charge < -0.3 is 14.4 Å². The lowest BCUT2D eigenvalue weighted by Gasteiger charge is -2.19. The van der Waals surface area contributed by atoms with Crippen molar-refractivity contribution >= 4 is 17.5 Å². The van der Waals surface area contributed by atoms with Crippen LogP contribution in [0.2, 0.25) is 5.02 Å². The molecule has 1 unspecified atom stereocenters. The van der Waals surface area contributed by atoms with Gasteiger partial charge in [-0.1, -0.05) is 28.9 Å². The summed E-state index contributed by atoms with van der Waals surface area (Å²) >= 11 is 5.96. The average Bonchev–Trinajstić information content (AvgIpc) is 3.23. The average molecular weight is 345 g/mol. The molecule has 0 radical (unpaired) electrons. The molecule has 1 atom stereocenters. The van der Waals surface area contributed by atoms with E-state index < -0.39 is 0 Å². The minimum absolute atomic E-state index is 0.0977. The summed E-state index contributed by atoms with van der Waals surface area (Å²) in [6, 6.07) is 11.3. The fraction of sp³-hybridized carbons (Fsp3) is 0.235. The Bertz CT molecular complexity index is 796. The van der Waals surface area contributed by atoms with E-state index in [1.54, 1.807) is 6.92 Å². The quantitative estimate of drug-likeness (QED) is 0.745. The molecule has 3 rings (SSSR count). The summed E-state index contributed by atoms with van der Waals surface area (Å²) in [4.78, 5) is 16.4. The second-order valence-corrected chi connectivity index (χ2v) is 5.85. The van der Waals surface area contributed by atoms with Crippen molar-refractivity contribution in [3.05, 3.63) is 71.1 Å². The lowest BCUT2D eigenvalue weighted by molar-refractivity contribution is -0.121. The first-order valence-electron chi connectivity index (χ1n) is 7.55. The number of hydrogen-bond donors (Lipinski definition) is 1. The van der Waals surface area contributed by atoms with E-state index >= 15 is 0 Å². The number of nitrogens with zero attached hydrogens (tertiary/aromatic N) is 3. The van der Waals surface area contributed by atoms with Gasteiger partial charge in [-0.2, -0.15) is 4.98 Å². The van der Waals surface area contributed by atoms with E-state index in [0.717, 1.165) is 5.56 Å². The van der Waals surface area contributed by atoms with Gasteiger partial charge >= 0.3 is 0 Å². The predicted octanol–water partition coefficient (Wildman–Crippen LogP) is 3.13. The number of hydrogen-bond acceptors (Lipinski definition) is 4. The molecule has 7 heteroatoms. The Kier molecular flexibility index (Phi) is 4.96. The molecule has 2 heterocycles. The van der Waals surface area contributed by atoms with Gasteiger partial charge in [0.15, 0.2) is 5.82 Å². The number of aryl methyl sites for hydroxylation is 1. The number of amides is 1.